The molecular weight excluding hydrogens is 264 g/mol. The summed E-state index contributed by atoms with van der Waals surface area (Å²) in [5.41, 5.74) is 2.23. The number of aryl methyl sites for hydroxylation is 2. The number of hydrogen-bond donors (Lipinski definition) is 1. The molecule has 2 heterocycles. The van der Waals surface area contributed by atoms with Crippen molar-refractivity contribution in [1.29, 1.82) is 0 Å². The Morgan fingerprint density at radius 3 is 2.90 bits per heavy atom. The number of carbonyl (C=O) groups excluding carboxylic acids is 1. The molecule has 0 saturated carbocycles. The fraction of sp³-hybridized carbons (Fsp3) is 0.750. The molecule has 1 N–H and O–H groups in total. The molecule has 2 unspecified atom stereocenters. The van der Waals surface area contributed by atoms with Crippen LogP contribution < -0.4 is 5.32 Å². The van der Waals surface area contributed by atoms with E-state index in [1.807, 2.05) is 11.6 Å². The molecule has 1 aliphatic rings. The highest BCUT2D eigenvalue weighted by atomic mass is 16.1. The number of likely N-dealkylation sites (tertiary alicyclic amines) is 1. The fourth-order valence-corrected chi connectivity index (χ4v) is 3.02. The first-order valence-corrected chi connectivity index (χ1v) is 7.93. The van der Waals surface area contributed by atoms with Gasteiger partial charge in [-0.3, -0.25) is 9.48 Å². The van der Waals surface area contributed by atoms with Gasteiger partial charge in [0.1, 0.15) is 0 Å². The molecule has 1 aromatic rings. The van der Waals surface area contributed by atoms with Crippen LogP contribution in [0, 0.1) is 25.7 Å². The predicted octanol–water partition coefficient (Wildman–Crippen LogP) is 1.59. The molecule has 5 heteroatoms. The van der Waals surface area contributed by atoms with Crippen molar-refractivity contribution in [2.45, 2.75) is 40.2 Å². The van der Waals surface area contributed by atoms with Crippen LogP contribution in [0.5, 0.6) is 0 Å². The molecule has 0 radical (unpaired) electrons. The van der Waals surface area contributed by atoms with E-state index >= 15 is 0 Å². The average molecular weight is 292 g/mol. The Morgan fingerprint density at radius 1 is 1.52 bits per heavy atom. The maximum atomic E-state index is 12.2. The quantitative estimate of drug-likeness (QED) is 0.897. The number of carbonyl (C=O) groups is 1. The van der Waals surface area contributed by atoms with Crippen molar-refractivity contribution in [3.63, 3.8) is 0 Å². The Kier molecular flexibility index (Phi) is 5.39. The van der Waals surface area contributed by atoms with E-state index in [2.05, 4.69) is 42.3 Å². The van der Waals surface area contributed by atoms with Crippen molar-refractivity contribution in [1.82, 2.24) is 20.0 Å². The Bertz CT molecular complexity index is 483. The standard InChI is InChI=1S/C16H28N4O/c1-12(10-20-14(3)8-13(2)18-20)9-17-16(21)15-6-5-7-19(4)11-15/h8,12,15H,5-7,9-11H2,1-4H3,(H,17,21). The minimum absolute atomic E-state index is 0.157. The summed E-state index contributed by atoms with van der Waals surface area (Å²) in [4.78, 5) is 14.5. The second-order valence-electron chi connectivity index (χ2n) is 6.56. The zero-order chi connectivity index (χ0) is 15.4. The number of amides is 1. The number of nitrogens with zero attached hydrogens (tertiary/aromatic N) is 3. The summed E-state index contributed by atoms with van der Waals surface area (Å²) in [6.45, 7) is 9.81. The second-order valence-corrected chi connectivity index (χ2v) is 6.56. The molecule has 0 aliphatic carbocycles. The van der Waals surface area contributed by atoms with Crippen LogP contribution in [0.4, 0.5) is 0 Å². The highest BCUT2D eigenvalue weighted by molar-refractivity contribution is 5.78. The van der Waals surface area contributed by atoms with Crippen LogP contribution in [-0.2, 0) is 11.3 Å². The van der Waals surface area contributed by atoms with Crippen LogP contribution in [0.3, 0.4) is 0 Å². The molecule has 1 aliphatic heterocycles. The van der Waals surface area contributed by atoms with E-state index in [0.29, 0.717) is 5.92 Å². The summed E-state index contributed by atoms with van der Waals surface area (Å²) < 4.78 is 2.03. The van der Waals surface area contributed by atoms with Crippen LogP contribution >= 0.6 is 0 Å². The van der Waals surface area contributed by atoms with Crippen LogP contribution in [0.15, 0.2) is 6.07 Å². The zero-order valence-corrected chi connectivity index (χ0v) is 13.7. The Hall–Kier alpha value is -1.36. The highest BCUT2D eigenvalue weighted by Crippen LogP contribution is 2.15. The first kappa shape index (κ1) is 16.0. The van der Waals surface area contributed by atoms with Crippen LogP contribution in [0.25, 0.3) is 0 Å². The van der Waals surface area contributed by atoms with Gasteiger partial charge < -0.3 is 10.2 Å². The normalized spacial score (nSPS) is 21.2. The van der Waals surface area contributed by atoms with Crippen molar-refractivity contribution in [2.75, 3.05) is 26.7 Å². The number of hydrogen-bond acceptors (Lipinski definition) is 3. The molecule has 21 heavy (non-hydrogen) atoms. The third kappa shape index (κ3) is 4.56. The minimum atomic E-state index is 0.157. The van der Waals surface area contributed by atoms with E-state index < -0.39 is 0 Å². The SMILES string of the molecule is Cc1cc(C)n(CC(C)CNC(=O)C2CCCN(C)C2)n1. The number of piperidine rings is 1. The van der Waals surface area contributed by atoms with Gasteiger partial charge in [-0.25, -0.2) is 0 Å². The van der Waals surface area contributed by atoms with Crippen LogP contribution in [-0.4, -0.2) is 47.3 Å². The van der Waals surface area contributed by atoms with E-state index in [1.165, 1.54) is 5.69 Å². The fourth-order valence-electron chi connectivity index (χ4n) is 3.02. The van der Waals surface area contributed by atoms with Gasteiger partial charge in [-0.2, -0.15) is 5.10 Å². The summed E-state index contributed by atoms with van der Waals surface area (Å²) in [5.74, 6) is 0.750. The lowest BCUT2D eigenvalue weighted by atomic mass is 9.97. The van der Waals surface area contributed by atoms with Crippen molar-refractivity contribution in [3.8, 4) is 0 Å². The smallest absolute Gasteiger partial charge is 0.224 e. The molecule has 2 rings (SSSR count). The molecule has 1 saturated heterocycles. The van der Waals surface area contributed by atoms with E-state index in [0.717, 1.165) is 44.7 Å². The first-order valence-electron chi connectivity index (χ1n) is 7.93. The lowest BCUT2D eigenvalue weighted by Crippen LogP contribution is -2.42. The van der Waals surface area contributed by atoms with Crippen LogP contribution in [0.2, 0.25) is 0 Å². The van der Waals surface area contributed by atoms with Gasteiger partial charge >= 0.3 is 0 Å². The summed E-state index contributed by atoms with van der Waals surface area (Å²) in [6.07, 6.45) is 2.14. The molecule has 0 aromatic carbocycles. The second kappa shape index (κ2) is 7.07. The van der Waals surface area contributed by atoms with E-state index in [4.69, 9.17) is 0 Å². The number of rotatable bonds is 5. The van der Waals surface area contributed by atoms with E-state index in [1.54, 1.807) is 0 Å². The largest absolute Gasteiger partial charge is 0.355 e. The van der Waals surface area contributed by atoms with Gasteiger partial charge in [0.2, 0.25) is 5.91 Å². The summed E-state index contributed by atoms with van der Waals surface area (Å²) >= 11 is 0. The molecule has 2 atom stereocenters. The molecule has 118 valence electrons. The van der Waals surface area contributed by atoms with Gasteiger partial charge in [0, 0.05) is 25.3 Å². The molecule has 5 nitrogen and oxygen atoms in total. The first-order chi connectivity index (χ1) is 9.95. The summed E-state index contributed by atoms with van der Waals surface area (Å²) in [7, 11) is 2.09. The monoisotopic (exact) mass is 292 g/mol. The van der Waals surface area contributed by atoms with E-state index in [9.17, 15) is 4.79 Å². The lowest BCUT2D eigenvalue weighted by molar-refractivity contribution is -0.126. The molecule has 0 spiro atoms. The van der Waals surface area contributed by atoms with Gasteiger partial charge in [0.25, 0.3) is 0 Å². The minimum Gasteiger partial charge on any atom is -0.355 e. The van der Waals surface area contributed by atoms with E-state index in [-0.39, 0.29) is 11.8 Å². The third-order valence-electron chi connectivity index (χ3n) is 4.21. The Balaban J connectivity index is 1.77. The van der Waals surface area contributed by atoms with Gasteiger partial charge in [0.05, 0.1) is 11.6 Å². The van der Waals surface area contributed by atoms with Gasteiger partial charge in [-0.1, -0.05) is 6.92 Å². The molecule has 1 amide bonds. The summed E-state index contributed by atoms with van der Waals surface area (Å²) in [5, 5.41) is 7.59. The molecule has 1 aromatic heterocycles. The van der Waals surface area contributed by atoms with Crippen molar-refractivity contribution >= 4 is 5.91 Å². The van der Waals surface area contributed by atoms with Crippen molar-refractivity contribution in [2.24, 2.45) is 11.8 Å². The van der Waals surface area contributed by atoms with Gasteiger partial charge in [0.15, 0.2) is 0 Å². The maximum absolute atomic E-state index is 12.2. The highest BCUT2D eigenvalue weighted by Gasteiger charge is 2.23. The Morgan fingerprint density at radius 2 is 2.29 bits per heavy atom. The topological polar surface area (TPSA) is 50.2 Å². The Labute approximate surface area is 127 Å². The number of aromatic nitrogens is 2. The molecule has 0 bridgehead atoms. The third-order valence-corrected chi connectivity index (χ3v) is 4.21. The lowest BCUT2D eigenvalue weighted by Gasteiger charge is -2.29. The maximum Gasteiger partial charge on any atom is 0.224 e. The predicted molar refractivity (Wildman–Crippen MR) is 84.1 cm³/mol. The van der Waals surface area contributed by atoms with Crippen molar-refractivity contribution in [3.05, 3.63) is 17.5 Å². The van der Waals surface area contributed by atoms with Gasteiger partial charge in [-0.05, 0) is 52.3 Å². The zero-order valence-electron chi connectivity index (χ0n) is 13.7. The molecule has 1 fully saturated rings. The summed E-state index contributed by atoms with van der Waals surface area (Å²) in [6, 6.07) is 2.09. The number of nitrogens with one attached hydrogen (secondary N) is 1. The average Bonchev–Trinajstić information content (AvgIpc) is 2.74. The molecular formula is C16H28N4O. The van der Waals surface area contributed by atoms with Crippen molar-refractivity contribution < 1.29 is 4.79 Å². The van der Waals surface area contributed by atoms with Crippen LogP contribution in [0.1, 0.15) is 31.2 Å². The van der Waals surface area contributed by atoms with Gasteiger partial charge in [-0.15, -0.1) is 0 Å².